The number of nitrogen functional groups attached to an aromatic ring is 1. The number of hydrogen-bond acceptors (Lipinski definition) is 5. The molecule has 6 nitrogen and oxygen atoms in total. The van der Waals surface area contributed by atoms with Crippen LogP contribution in [0.3, 0.4) is 0 Å². The van der Waals surface area contributed by atoms with Gasteiger partial charge in [0, 0.05) is 11.8 Å². The monoisotopic (exact) mass is 299 g/mol. The van der Waals surface area contributed by atoms with Gasteiger partial charge in [-0.1, -0.05) is 5.16 Å². The lowest BCUT2D eigenvalue weighted by molar-refractivity contribution is 0.390. The highest BCUT2D eigenvalue weighted by molar-refractivity contribution is 7.89. The standard InChI is InChI=1S/C12H14FN3O3S/c1-7-3-10(13)12(5-11(7)14)20(17,18)15-6-9-4-8(2)19-16-9/h3-5,15H,6,14H2,1-2H3. The van der Waals surface area contributed by atoms with E-state index in [9.17, 15) is 12.8 Å². The van der Waals surface area contributed by atoms with E-state index in [4.69, 9.17) is 10.3 Å². The van der Waals surface area contributed by atoms with Gasteiger partial charge in [-0.05, 0) is 31.5 Å². The minimum atomic E-state index is -4.01. The van der Waals surface area contributed by atoms with E-state index >= 15 is 0 Å². The molecule has 0 aliphatic heterocycles. The summed E-state index contributed by atoms with van der Waals surface area (Å²) in [6, 6.07) is 3.77. The van der Waals surface area contributed by atoms with Crippen LogP contribution >= 0.6 is 0 Å². The van der Waals surface area contributed by atoms with E-state index in [-0.39, 0.29) is 12.2 Å². The molecule has 0 bridgehead atoms. The molecule has 0 aliphatic rings. The number of nitrogens with two attached hydrogens (primary N) is 1. The SMILES string of the molecule is Cc1cc(CNS(=O)(=O)c2cc(N)c(C)cc2F)no1. The highest BCUT2D eigenvalue weighted by Gasteiger charge is 2.20. The van der Waals surface area contributed by atoms with E-state index in [1.165, 1.54) is 0 Å². The smallest absolute Gasteiger partial charge is 0.243 e. The second kappa shape index (κ2) is 5.22. The maximum absolute atomic E-state index is 13.7. The Kier molecular flexibility index (Phi) is 3.78. The summed E-state index contributed by atoms with van der Waals surface area (Å²) in [4.78, 5) is -0.485. The van der Waals surface area contributed by atoms with Gasteiger partial charge in [-0.3, -0.25) is 0 Å². The summed E-state index contributed by atoms with van der Waals surface area (Å²) < 4.78 is 44.9. The van der Waals surface area contributed by atoms with Crippen LogP contribution in [-0.2, 0) is 16.6 Å². The molecule has 8 heteroatoms. The van der Waals surface area contributed by atoms with Crippen LogP contribution in [0.5, 0.6) is 0 Å². The molecular weight excluding hydrogens is 285 g/mol. The van der Waals surface area contributed by atoms with E-state index in [0.29, 0.717) is 17.0 Å². The average molecular weight is 299 g/mol. The van der Waals surface area contributed by atoms with Crippen LogP contribution in [0.2, 0.25) is 0 Å². The third-order valence-corrected chi connectivity index (χ3v) is 4.15. The van der Waals surface area contributed by atoms with Gasteiger partial charge in [-0.15, -0.1) is 0 Å². The predicted octanol–water partition coefficient (Wildman–Crippen LogP) is 1.49. The summed E-state index contributed by atoms with van der Waals surface area (Å²) in [5.41, 5.74) is 6.71. The van der Waals surface area contributed by atoms with E-state index in [1.807, 2.05) is 0 Å². The normalized spacial score (nSPS) is 11.8. The van der Waals surface area contributed by atoms with Gasteiger partial charge in [0.2, 0.25) is 10.0 Å². The van der Waals surface area contributed by atoms with Crippen LogP contribution < -0.4 is 10.5 Å². The number of halogens is 1. The summed E-state index contributed by atoms with van der Waals surface area (Å²) in [6.45, 7) is 3.19. The van der Waals surface area contributed by atoms with Crippen molar-refractivity contribution in [2.45, 2.75) is 25.3 Å². The van der Waals surface area contributed by atoms with Crippen molar-refractivity contribution >= 4 is 15.7 Å². The third-order valence-electron chi connectivity index (χ3n) is 2.73. The largest absolute Gasteiger partial charge is 0.398 e. The van der Waals surface area contributed by atoms with E-state index in [1.54, 1.807) is 19.9 Å². The first-order valence-corrected chi connectivity index (χ1v) is 7.25. The van der Waals surface area contributed by atoms with Crippen molar-refractivity contribution in [2.75, 3.05) is 5.73 Å². The number of sulfonamides is 1. The first kappa shape index (κ1) is 14.5. The first-order valence-electron chi connectivity index (χ1n) is 5.77. The van der Waals surface area contributed by atoms with Gasteiger partial charge in [0.25, 0.3) is 0 Å². The molecule has 0 spiro atoms. The van der Waals surface area contributed by atoms with E-state index in [0.717, 1.165) is 12.1 Å². The van der Waals surface area contributed by atoms with Gasteiger partial charge in [0.15, 0.2) is 0 Å². The Balaban J connectivity index is 2.24. The van der Waals surface area contributed by atoms with Crippen LogP contribution in [0.1, 0.15) is 17.0 Å². The zero-order valence-electron chi connectivity index (χ0n) is 11.0. The van der Waals surface area contributed by atoms with Crippen LogP contribution in [0.15, 0.2) is 27.6 Å². The number of hydrogen-bond donors (Lipinski definition) is 2. The number of nitrogens with zero attached hydrogens (tertiary/aromatic N) is 1. The van der Waals surface area contributed by atoms with Crippen LogP contribution in [0, 0.1) is 19.7 Å². The molecule has 2 aromatic rings. The molecule has 1 heterocycles. The minimum Gasteiger partial charge on any atom is -0.398 e. The number of anilines is 1. The summed E-state index contributed by atoms with van der Waals surface area (Å²) in [5.74, 6) is -0.287. The molecule has 1 aromatic carbocycles. The fraction of sp³-hybridized carbons (Fsp3) is 0.250. The lowest BCUT2D eigenvalue weighted by atomic mass is 10.2. The molecule has 3 N–H and O–H groups in total. The van der Waals surface area contributed by atoms with Gasteiger partial charge in [0.1, 0.15) is 16.5 Å². The topological polar surface area (TPSA) is 98.2 Å². The molecule has 1 aromatic heterocycles. The van der Waals surface area contributed by atoms with Crippen LogP contribution in [-0.4, -0.2) is 13.6 Å². The minimum absolute atomic E-state index is 0.0904. The summed E-state index contributed by atoms with van der Waals surface area (Å²) >= 11 is 0. The van der Waals surface area contributed by atoms with Gasteiger partial charge in [-0.2, -0.15) is 0 Å². The molecule has 0 unspecified atom stereocenters. The molecule has 0 radical (unpaired) electrons. The van der Waals surface area contributed by atoms with Crippen molar-refractivity contribution in [1.29, 1.82) is 0 Å². The molecular formula is C12H14FN3O3S. The Morgan fingerprint density at radius 3 is 2.65 bits per heavy atom. The first-order chi connectivity index (χ1) is 9.29. The fourth-order valence-electron chi connectivity index (χ4n) is 1.62. The number of rotatable bonds is 4. The average Bonchev–Trinajstić information content (AvgIpc) is 2.77. The van der Waals surface area contributed by atoms with Crippen molar-refractivity contribution in [2.24, 2.45) is 0 Å². The second-order valence-electron chi connectivity index (χ2n) is 4.39. The Labute approximate surface area is 115 Å². The summed E-state index contributed by atoms with van der Waals surface area (Å²) in [7, 11) is -4.01. The summed E-state index contributed by atoms with van der Waals surface area (Å²) in [6.07, 6.45) is 0. The van der Waals surface area contributed by atoms with Crippen molar-refractivity contribution < 1.29 is 17.3 Å². The molecule has 0 amide bonds. The number of aryl methyl sites for hydroxylation is 2. The van der Waals surface area contributed by atoms with Gasteiger partial charge < -0.3 is 10.3 Å². The lowest BCUT2D eigenvalue weighted by Crippen LogP contribution is -2.24. The maximum atomic E-state index is 13.7. The molecule has 0 saturated heterocycles. The summed E-state index contributed by atoms with van der Waals surface area (Å²) in [5, 5.41) is 3.65. The second-order valence-corrected chi connectivity index (χ2v) is 6.13. The van der Waals surface area contributed by atoms with Crippen LogP contribution in [0.4, 0.5) is 10.1 Å². The Morgan fingerprint density at radius 1 is 1.35 bits per heavy atom. The molecule has 0 atom stereocenters. The van der Waals surface area contributed by atoms with Crippen molar-refractivity contribution in [3.63, 3.8) is 0 Å². The molecule has 0 fully saturated rings. The number of nitrogens with one attached hydrogen (secondary N) is 1. The highest BCUT2D eigenvalue weighted by atomic mass is 32.2. The molecule has 0 saturated carbocycles. The maximum Gasteiger partial charge on any atom is 0.243 e. The van der Waals surface area contributed by atoms with Crippen molar-refractivity contribution in [1.82, 2.24) is 9.88 Å². The Morgan fingerprint density at radius 2 is 2.05 bits per heavy atom. The predicted molar refractivity (Wildman–Crippen MR) is 70.8 cm³/mol. The zero-order chi connectivity index (χ0) is 14.9. The highest BCUT2D eigenvalue weighted by Crippen LogP contribution is 2.21. The van der Waals surface area contributed by atoms with Crippen molar-refractivity contribution in [3.05, 3.63) is 41.0 Å². The quantitative estimate of drug-likeness (QED) is 0.833. The molecule has 20 heavy (non-hydrogen) atoms. The van der Waals surface area contributed by atoms with Crippen LogP contribution in [0.25, 0.3) is 0 Å². The van der Waals surface area contributed by atoms with E-state index in [2.05, 4.69) is 9.88 Å². The lowest BCUT2D eigenvalue weighted by Gasteiger charge is -2.08. The van der Waals surface area contributed by atoms with Crippen molar-refractivity contribution in [3.8, 4) is 0 Å². The third kappa shape index (κ3) is 2.97. The van der Waals surface area contributed by atoms with Gasteiger partial charge in [-0.25, -0.2) is 17.5 Å². The van der Waals surface area contributed by atoms with E-state index < -0.39 is 20.7 Å². The zero-order valence-corrected chi connectivity index (χ0v) is 11.8. The number of aromatic nitrogens is 1. The fourth-order valence-corrected chi connectivity index (χ4v) is 2.71. The molecule has 2 rings (SSSR count). The Hall–Kier alpha value is -1.93. The van der Waals surface area contributed by atoms with Gasteiger partial charge >= 0.3 is 0 Å². The molecule has 108 valence electrons. The Bertz CT molecular complexity index is 740. The number of benzene rings is 1. The molecule has 0 aliphatic carbocycles. The van der Waals surface area contributed by atoms with Gasteiger partial charge in [0.05, 0.1) is 12.2 Å².